The molecule has 0 saturated carbocycles. The van der Waals surface area contributed by atoms with Gasteiger partial charge in [0.05, 0.1) is 10.7 Å². The van der Waals surface area contributed by atoms with Gasteiger partial charge in [-0.2, -0.15) is 0 Å². The van der Waals surface area contributed by atoms with Gasteiger partial charge in [-0.15, -0.1) is 0 Å². The number of hydrogen-bond acceptors (Lipinski definition) is 1. The number of aryl methyl sites for hydroxylation is 1. The molecule has 2 aromatic carbocycles. The van der Waals surface area contributed by atoms with Crippen molar-refractivity contribution in [3.63, 3.8) is 0 Å². The van der Waals surface area contributed by atoms with Crippen LogP contribution < -0.4 is 5.32 Å². The standard InChI is InChI=1S/C15H16ClN/c1-2-12-7-9-13(10-8-12)11-17-15-6-4-3-5-14(15)16/h3-10,17H,2,11H2,1H3. The third-order valence-corrected chi connectivity index (χ3v) is 3.12. The van der Waals surface area contributed by atoms with Gasteiger partial charge in [-0.05, 0) is 29.7 Å². The minimum absolute atomic E-state index is 0.762. The van der Waals surface area contributed by atoms with E-state index < -0.39 is 0 Å². The molecule has 2 rings (SSSR count). The van der Waals surface area contributed by atoms with E-state index >= 15 is 0 Å². The lowest BCUT2D eigenvalue weighted by molar-refractivity contribution is 1.11. The second-order valence-electron chi connectivity index (χ2n) is 4.00. The van der Waals surface area contributed by atoms with E-state index in [1.165, 1.54) is 11.1 Å². The van der Waals surface area contributed by atoms with E-state index in [9.17, 15) is 0 Å². The van der Waals surface area contributed by atoms with E-state index in [-0.39, 0.29) is 0 Å². The van der Waals surface area contributed by atoms with Gasteiger partial charge in [-0.3, -0.25) is 0 Å². The summed E-state index contributed by atoms with van der Waals surface area (Å²) in [5.41, 5.74) is 3.61. The van der Waals surface area contributed by atoms with Gasteiger partial charge < -0.3 is 5.32 Å². The Kier molecular flexibility index (Phi) is 4.05. The van der Waals surface area contributed by atoms with Gasteiger partial charge in [0.25, 0.3) is 0 Å². The average Bonchev–Trinajstić information content (AvgIpc) is 2.38. The third kappa shape index (κ3) is 3.24. The minimum Gasteiger partial charge on any atom is -0.380 e. The van der Waals surface area contributed by atoms with Crippen LogP contribution in [0.3, 0.4) is 0 Å². The maximum Gasteiger partial charge on any atom is 0.0637 e. The molecule has 0 aliphatic heterocycles. The van der Waals surface area contributed by atoms with Crippen LogP contribution in [0, 0.1) is 0 Å². The largest absolute Gasteiger partial charge is 0.380 e. The van der Waals surface area contributed by atoms with Crippen LogP contribution in [0.15, 0.2) is 48.5 Å². The number of hydrogen-bond donors (Lipinski definition) is 1. The molecule has 1 nitrogen and oxygen atoms in total. The van der Waals surface area contributed by atoms with E-state index in [0.29, 0.717) is 0 Å². The number of rotatable bonds is 4. The van der Waals surface area contributed by atoms with Crippen LogP contribution in [0.2, 0.25) is 5.02 Å². The van der Waals surface area contributed by atoms with Crippen LogP contribution in [-0.4, -0.2) is 0 Å². The smallest absolute Gasteiger partial charge is 0.0637 e. The van der Waals surface area contributed by atoms with Crippen molar-refractivity contribution in [1.82, 2.24) is 0 Å². The normalized spacial score (nSPS) is 10.2. The molecule has 0 aromatic heterocycles. The second-order valence-corrected chi connectivity index (χ2v) is 4.41. The van der Waals surface area contributed by atoms with Crippen molar-refractivity contribution in [3.8, 4) is 0 Å². The van der Waals surface area contributed by atoms with Crippen molar-refractivity contribution in [1.29, 1.82) is 0 Å². The Hall–Kier alpha value is -1.47. The van der Waals surface area contributed by atoms with Gasteiger partial charge in [0.1, 0.15) is 0 Å². The Labute approximate surface area is 107 Å². The molecule has 0 spiro atoms. The highest BCUT2D eigenvalue weighted by molar-refractivity contribution is 6.33. The van der Waals surface area contributed by atoms with Gasteiger partial charge in [0, 0.05) is 6.54 Å². The molecule has 0 atom stereocenters. The number of nitrogens with one attached hydrogen (secondary N) is 1. The predicted molar refractivity (Wildman–Crippen MR) is 74.6 cm³/mol. The zero-order valence-corrected chi connectivity index (χ0v) is 10.7. The fourth-order valence-corrected chi connectivity index (χ4v) is 1.90. The lowest BCUT2D eigenvalue weighted by atomic mass is 10.1. The van der Waals surface area contributed by atoms with Crippen molar-refractivity contribution in [2.75, 3.05) is 5.32 Å². The first kappa shape index (κ1) is 12.0. The Morgan fingerprint density at radius 3 is 2.24 bits per heavy atom. The fraction of sp³-hybridized carbons (Fsp3) is 0.200. The van der Waals surface area contributed by atoms with Gasteiger partial charge in [-0.25, -0.2) is 0 Å². The van der Waals surface area contributed by atoms with Crippen LogP contribution in [0.5, 0.6) is 0 Å². The van der Waals surface area contributed by atoms with E-state index in [1.54, 1.807) is 0 Å². The quantitative estimate of drug-likeness (QED) is 0.836. The molecule has 0 aliphatic carbocycles. The summed E-state index contributed by atoms with van der Waals surface area (Å²) in [5.74, 6) is 0. The molecule has 0 bridgehead atoms. The number of benzene rings is 2. The summed E-state index contributed by atoms with van der Waals surface area (Å²) in [6.07, 6.45) is 1.08. The van der Waals surface area contributed by atoms with Crippen LogP contribution in [0.25, 0.3) is 0 Å². The fourth-order valence-electron chi connectivity index (χ4n) is 1.69. The second kappa shape index (κ2) is 5.74. The zero-order valence-electron chi connectivity index (χ0n) is 9.91. The van der Waals surface area contributed by atoms with E-state index in [2.05, 4.69) is 36.5 Å². The van der Waals surface area contributed by atoms with Crippen molar-refractivity contribution >= 4 is 17.3 Å². The van der Waals surface area contributed by atoms with Crippen molar-refractivity contribution in [2.24, 2.45) is 0 Å². The number of halogens is 1. The molecule has 1 N–H and O–H groups in total. The number of anilines is 1. The summed E-state index contributed by atoms with van der Waals surface area (Å²) in [6.45, 7) is 2.96. The monoisotopic (exact) mass is 245 g/mol. The highest BCUT2D eigenvalue weighted by atomic mass is 35.5. The molecular formula is C15H16ClN. The van der Waals surface area contributed by atoms with Crippen molar-refractivity contribution < 1.29 is 0 Å². The Morgan fingerprint density at radius 2 is 1.59 bits per heavy atom. The molecule has 2 heteroatoms. The first-order valence-corrected chi connectivity index (χ1v) is 6.23. The average molecular weight is 246 g/mol. The van der Waals surface area contributed by atoms with Gasteiger partial charge in [0.2, 0.25) is 0 Å². The molecule has 0 saturated heterocycles. The molecular weight excluding hydrogens is 230 g/mol. The Balaban J connectivity index is 2.00. The number of para-hydroxylation sites is 1. The van der Waals surface area contributed by atoms with Crippen LogP contribution in [0.1, 0.15) is 18.1 Å². The summed E-state index contributed by atoms with van der Waals surface area (Å²) < 4.78 is 0. The van der Waals surface area contributed by atoms with E-state index in [4.69, 9.17) is 11.6 Å². The van der Waals surface area contributed by atoms with Crippen LogP contribution >= 0.6 is 11.6 Å². The summed E-state index contributed by atoms with van der Waals surface area (Å²) in [4.78, 5) is 0. The third-order valence-electron chi connectivity index (χ3n) is 2.79. The highest BCUT2D eigenvalue weighted by Crippen LogP contribution is 2.21. The molecule has 0 amide bonds. The van der Waals surface area contributed by atoms with Gasteiger partial charge in [0.15, 0.2) is 0 Å². The predicted octanol–water partition coefficient (Wildman–Crippen LogP) is 4.51. The molecule has 0 heterocycles. The molecule has 0 unspecified atom stereocenters. The van der Waals surface area contributed by atoms with Crippen LogP contribution in [-0.2, 0) is 13.0 Å². The minimum atomic E-state index is 0.762. The van der Waals surface area contributed by atoms with Crippen LogP contribution in [0.4, 0.5) is 5.69 Å². The van der Waals surface area contributed by atoms with Gasteiger partial charge in [-0.1, -0.05) is 54.9 Å². The van der Waals surface area contributed by atoms with E-state index in [0.717, 1.165) is 23.7 Å². The zero-order chi connectivity index (χ0) is 12.1. The summed E-state index contributed by atoms with van der Waals surface area (Å²) in [7, 11) is 0. The Morgan fingerprint density at radius 1 is 0.941 bits per heavy atom. The SMILES string of the molecule is CCc1ccc(CNc2ccccc2Cl)cc1. The lowest BCUT2D eigenvalue weighted by Crippen LogP contribution is -1.99. The Bertz CT molecular complexity index is 477. The summed E-state index contributed by atoms with van der Waals surface area (Å²) >= 11 is 6.08. The molecule has 0 fully saturated rings. The summed E-state index contributed by atoms with van der Waals surface area (Å²) in [6, 6.07) is 16.4. The molecule has 0 aliphatic rings. The molecule has 17 heavy (non-hydrogen) atoms. The van der Waals surface area contributed by atoms with Gasteiger partial charge >= 0.3 is 0 Å². The maximum atomic E-state index is 6.08. The first-order chi connectivity index (χ1) is 8.29. The van der Waals surface area contributed by atoms with Crippen molar-refractivity contribution in [3.05, 3.63) is 64.7 Å². The molecule has 2 aromatic rings. The molecule has 0 radical (unpaired) electrons. The summed E-state index contributed by atoms with van der Waals surface area (Å²) in [5, 5.41) is 4.10. The van der Waals surface area contributed by atoms with Crippen molar-refractivity contribution in [2.45, 2.75) is 19.9 Å². The highest BCUT2D eigenvalue weighted by Gasteiger charge is 1.98. The topological polar surface area (TPSA) is 12.0 Å². The maximum absolute atomic E-state index is 6.08. The van der Waals surface area contributed by atoms with E-state index in [1.807, 2.05) is 24.3 Å². The lowest BCUT2D eigenvalue weighted by Gasteiger charge is -2.08. The first-order valence-electron chi connectivity index (χ1n) is 5.86. The molecule has 88 valence electrons.